The van der Waals surface area contributed by atoms with Crippen molar-refractivity contribution in [1.82, 2.24) is 15.2 Å². The van der Waals surface area contributed by atoms with Crippen LogP contribution in [0.25, 0.3) is 10.2 Å². The van der Waals surface area contributed by atoms with E-state index in [4.69, 9.17) is 4.74 Å². The Labute approximate surface area is 157 Å². The molecule has 0 saturated carbocycles. The van der Waals surface area contributed by atoms with Crippen LogP contribution in [0.5, 0.6) is 5.75 Å². The third-order valence-corrected chi connectivity index (χ3v) is 5.39. The van der Waals surface area contributed by atoms with Crippen molar-refractivity contribution in [2.75, 3.05) is 14.2 Å². The molecule has 0 spiro atoms. The maximum Gasteiger partial charge on any atom is 0.237 e. The Hall–Kier alpha value is -2.44. The quantitative estimate of drug-likeness (QED) is 0.693. The van der Waals surface area contributed by atoms with Gasteiger partial charge in [-0.25, -0.2) is 4.98 Å². The number of nitrogens with one attached hydrogen (secondary N) is 1. The molecule has 1 N–H and O–H groups in total. The monoisotopic (exact) mass is 369 g/mol. The molecule has 0 bridgehead atoms. The van der Waals surface area contributed by atoms with Crippen molar-refractivity contribution in [3.05, 3.63) is 59.1 Å². The van der Waals surface area contributed by atoms with E-state index < -0.39 is 0 Å². The molecule has 1 unspecified atom stereocenters. The van der Waals surface area contributed by atoms with E-state index in [0.717, 1.165) is 21.8 Å². The van der Waals surface area contributed by atoms with Crippen LogP contribution in [0.3, 0.4) is 0 Å². The van der Waals surface area contributed by atoms with E-state index in [-0.39, 0.29) is 11.9 Å². The summed E-state index contributed by atoms with van der Waals surface area (Å²) in [5.74, 6) is 0.786. The van der Waals surface area contributed by atoms with E-state index in [2.05, 4.69) is 16.4 Å². The molecule has 6 heteroatoms. The Morgan fingerprint density at radius 2 is 2.08 bits per heavy atom. The maximum atomic E-state index is 12.5. The van der Waals surface area contributed by atoms with Gasteiger partial charge >= 0.3 is 0 Å². The number of aromatic nitrogens is 1. The predicted octanol–water partition coefficient (Wildman–Crippen LogP) is 3.44. The molecule has 26 heavy (non-hydrogen) atoms. The Kier molecular flexibility index (Phi) is 5.85. The number of nitrogens with zero attached hydrogens (tertiary/aromatic N) is 2. The van der Waals surface area contributed by atoms with E-state index in [0.29, 0.717) is 13.1 Å². The molecule has 0 aliphatic carbocycles. The van der Waals surface area contributed by atoms with Crippen molar-refractivity contribution in [3.8, 4) is 5.75 Å². The number of likely N-dealkylation sites (N-methyl/N-ethyl adjacent to an activating group) is 1. The van der Waals surface area contributed by atoms with Crippen LogP contribution >= 0.6 is 11.3 Å². The molecule has 0 fully saturated rings. The van der Waals surface area contributed by atoms with Gasteiger partial charge in [0.05, 0.1) is 29.9 Å². The topological polar surface area (TPSA) is 54.5 Å². The average Bonchev–Trinajstić information content (AvgIpc) is 3.07. The lowest BCUT2D eigenvalue weighted by Gasteiger charge is -2.22. The largest absolute Gasteiger partial charge is 0.497 e. The summed E-state index contributed by atoms with van der Waals surface area (Å²) in [4.78, 5) is 19.1. The highest BCUT2D eigenvalue weighted by molar-refractivity contribution is 7.18. The first-order valence-electron chi connectivity index (χ1n) is 8.52. The van der Waals surface area contributed by atoms with E-state index in [1.807, 2.05) is 61.3 Å². The molecule has 2 aromatic carbocycles. The zero-order valence-electron chi connectivity index (χ0n) is 15.2. The smallest absolute Gasteiger partial charge is 0.237 e. The molecule has 3 aromatic rings. The minimum Gasteiger partial charge on any atom is -0.497 e. The van der Waals surface area contributed by atoms with Crippen LogP contribution in [0.4, 0.5) is 0 Å². The number of hydrogen-bond acceptors (Lipinski definition) is 5. The zero-order valence-corrected chi connectivity index (χ0v) is 16.0. The standard InChI is InChI=1S/C20H23N3O2S/c1-14(20(24)21-12-15-7-6-8-16(11-15)25-3)23(2)13-19-22-17-9-4-5-10-18(17)26-19/h4-11,14H,12-13H2,1-3H3,(H,21,24). The molecule has 0 aliphatic heterocycles. The number of ether oxygens (including phenoxy) is 1. The molecule has 0 saturated heterocycles. The van der Waals surface area contributed by atoms with Gasteiger partial charge in [0.15, 0.2) is 0 Å². The van der Waals surface area contributed by atoms with Gasteiger partial charge in [0.25, 0.3) is 0 Å². The SMILES string of the molecule is COc1cccc(CNC(=O)C(C)N(C)Cc2nc3ccccc3s2)c1. The lowest BCUT2D eigenvalue weighted by molar-refractivity contribution is -0.125. The van der Waals surface area contributed by atoms with Gasteiger partial charge < -0.3 is 10.1 Å². The Bertz CT molecular complexity index is 860. The van der Waals surface area contributed by atoms with Gasteiger partial charge in [-0.3, -0.25) is 9.69 Å². The Morgan fingerprint density at radius 3 is 2.85 bits per heavy atom. The normalized spacial score (nSPS) is 12.3. The number of carbonyl (C=O) groups excluding carboxylic acids is 1. The third kappa shape index (κ3) is 4.39. The second kappa shape index (κ2) is 8.29. The summed E-state index contributed by atoms with van der Waals surface area (Å²) in [6.07, 6.45) is 0. The highest BCUT2D eigenvalue weighted by atomic mass is 32.1. The molecule has 1 atom stereocenters. The predicted molar refractivity (Wildman–Crippen MR) is 105 cm³/mol. The van der Waals surface area contributed by atoms with Crippen LogP contribution in [0.1, 0.15) is 17.5 Å². The van der Waals surface area contributed by atoms with Crippen molar-refractivity contribution in [2.45, 2.75) is 26.1 Å². The van der Waals surface area contributed by atoms with Gasteiger partial charge in [-0.05, 0) is 43.8 Å². The van der Waals surface area contributed by atoms with Gasteiger partial charge in [-0.15, -0.1) is 11.3 Å². The highest BCUT2D eigenvalue weighted by Crippen LogP contribution is 2.22. The number of benzene rings is 2. The molecular weight excluding hydrogens is 346 g/mol. The van der Waals surface area contributed by atoms with Crippen LogP contribution < -0.4 is 10.1 Å². The van der Waals surface area contributed by atoms with Gasteiger partial charge in [0.2, 0.25) is 5.91 Å². The summed E-state index contributed by atoms with van der Waals surface area (Å²) >= 11 is 1.67. The first-order chi connectivity index (χ1) is 12.6. The van der Waals surface area contributed by atoms with E-state index >= 15 is 0 Å². The summed E-state index contributed by atoms with van der Waals surface area (Å²) in [6.45, 7) is 3.04. The van der Waals surface area contributed by atoms with Crippen LogP contribution in [0.2, 0.25) is 0 Å². The molecule has 0 radical (unpaired) electrons. The first-order valence-corrected chi connectivity index (χ1v) is 9.34. The molecule has 1 amide bonds. The molecule has 136 valence electrons. The number of thiazole rings is 1. The summed E-state index contributed by atoms with van der Waals surface area (Å²) in [6, 6.07) is 15.6. The second-order valence-electron chi connectivity index (χ2n) is 6.24. The first kappa shape index (κ1) is 18.4. The Balaban J connectivity index is 1.56. The highest BCUT2D eigenvalue weighted by Gasteiger charge is 2.19. The molecule has 3 rings (SSSR count). The molecule has 5 nitrogen and oxygen atoms in total. The van der Waals surface area contributed by atoms with Crippen LogP contribution in [-0.4, -0.2) is 36.0 Å². The maximum absolute atomic E-state index is 12.5. The summed E-state index contributed by atoms with van der Waals surface area (Å²) in [5.41, 5.74) is 2.02. The van der Waals surface area contributed by atoms with Crippen molar-refractivity contribution >= 4 is 27.5 Å². The molecule has 1 aromatic heterocycles. The van der Waals surface area contributed by atoms with Gasteiger partial charge in [-0.2, -0.15) is 0 Å². The van der Waals surface area contributed by atoms with Crippen molar-refractivity contribution in [3.63, 3.8) is 0 Å². The van der Waals surface area contributed by atoms with Crippen molar-refractivity contribution in [2.24, 2.45) is 0 Å². The number of methoxy groups -OCH3 is 1. The lowest BCUT2D eigenvalue weighted by atomic mass is 10.2. The second-order valence-corrected chi connectivity index (χ2v) is 7.35. The minimum atomic E-state index is -0.243. The van der Waals surface area contributed by atoms with E-state index in [1.165, 1.54) is 4.70 Å². The number of carbonyl (C=O) groups is 1. The third-order valence-electron chi connectivity index (χ3n) is 4.36. The fourth-order valence-electron chi connectivity index (χ4n) is 2.66. The summed E-state index contributed by atoms with van der Waals surface area (Å²) in [5, 5.41) is 4.01. The molecule has 0 aliphatic rings. The van der Waals surface area contributed by atoms with Crippen LogP contribution in [0, 0.1) is 0 Å². The fourth-order valence-corrected chi connectivity index (χ4v) is 3.69. The summed E-state index contributed by atoms with van der Waals surface area (Å²) < 4.78 is 6.38. The number of amides is 1. The van der Waals surface area contributed by atoms with Gasteiger partial charge in [0, 0.05) is 6.54 Å². The number of hydrogen-bond donors (Lipinski definition) is 1. The van der Waals surface area contributed by atoms with Crippen molar-refractivity contribution < 1.29 is 9.53 Å². The van der Waals surface area contributed by atoms with Crippen LogP contribution in [0.15, 0.2) is 48.5 Å². The average molecular weight is 369 g/mol. The van der Waals surface area contributed by atoms with Gasteiger partial charge in [-0.1, -0.05) is 24.3 Å². The molecular formula is C20H23N3O2S. The van der Waals surface area contributed by atoms with Crippen molar-refractivity contribution in [1.29, 1.82) is 0 Å². The number of rotatable bonds is 7. The van der Waals surface area contributed by atoms with E-state index in [9.17, 15) is 4.79 Å². The number of para-hydroxylation sites is 1. The minimum absolute atomic E-state index is 0.00330. The van der Waals surface area contributed by atoms with E-state index in [1.54, 1.807) is 18.4 Å². The zero-order chi connectivity index (χ0) is 18.5. The summed E-state index contributed by atoms with van der Waals surface area (Å²) in [7, 11) is 3.58. The fraction of sp³-hybridized carbons (Fsp3) is 0.300. The molecule has 1 heterocycles. The van der Waals surface area contributed by atoms with Gasteiger partial charge in [0.1, 0.15) is 10.8 Å². The Morgan fingerprint density at radius 1 is 1.27 bits per heavy atom. The number of fused-ring (bicyclic) bond motifs is 1. The lowest BCUT2D eigenvalue weighted by Crippen LogP contribution is -2.42. The van der Waals surface area contributed by atoms with Crippen LogP contribution in [-0.2, 0) is 17.9 Å².